The Labute approximate surface area is 217 Å². The van der Waals surface area contributed by atoms with Gasteiger partial charge in [0, 0.05) is 48.7 Å². The van der Waals surface area contributed by atoms with Crippen molar-refractivity contribution in [3.63, 3.8) is 0 Å². The van der Waals surface area contributed by atoms with Crippen LogP contribution < -0.4 is 19.7 Å². The van der Waals surface area contributed by atoms with Gasteiger partial charge in [0.05, 0.1) is 28.4 Å². The topological polar surface area (TPSA) is 75.6 Å². The number of fused-ring (bicyclic) bond motifs is 1. The number of methoxy groups -OCH3 is 1. The van der Waals surface area contributed by atoms with Gasteiger partial charge in [-0.2, -0.15) is 0 Å². The highest BCUT2D eigenvalue weighted by Crippen LogP contribution is 2.36. The molecule has 0 aliphatic carbocycles. The molecule has 5 rings (SSSR count). The Balaban J connectivity index is 1.34. The summed E-state index contributed by atoms with van der Waals surface area (Å²) in [6.07, 6.45) is 1.50. The summed E-state index contributed by atoms with van der Waals surface area (Å²) in [4.78, 5) is 18.2. The maximum absolute atomic E-state index is 6.15. The van der Waals surface area contributed by atoms with Gasteiger partial charge < -0.3 is 24.6 Å². The molecule has 1 saturated heterocycles. The van der Waals surface area contributed by atoms with E-state index in [1.807, 2.05) is 23.6 Å². The Morgan fingerprint density at radius 3 is 2.63 bits per heavy atom. The van der Waals surface area contributed by atoms with Crippen molar-refractivity contribution in [2.45, 2.75) is 6.61 Å². The van der Waals surface area contributed by atoms with E-state index < -0.39 is 0 Å². The summed E-state index contributed by atoms with van der Waals surface area (Å²) < 4.78 is 11.7. The van der Waals surface area contributed by atoms with Crippen LogP contribution in [-0.4, -0.2) is 60.2 Å². The van der Waals surface area contributed by atoms with Gasteiger partial charge >= 0.3 is 0 Å². The third-order valence-corrected chi connectivity index (χ3v) is 7.48. The molecule has 3 heterocycles. The summed E-state index contributed by atoms with van der Waals surface area (Å²) in [6.45, 7) is 4.40. The molecule has 0 saturated carbocycles. The third kappa shape index (κ3) is 5.38. The summed E-state index contributed by atoms with van der Waals surface area (Å²) in [6, 6.07) is 9.03. The molecule has 4 aromatic rings. The molecule has 182 valence electrons. The van der Waals surface area contributed by atoms with Crippen LogP contribution in [0.15, 0.2) is 42.0 Å². The van der Waals surface area contributed by atoms with E-state index in [9.17, 15) is 0 Å². The number of nitrogens with zero attached hydrogens (tertiary/aromatic N) is 5. The first-order valence-electron chi connectivity index (χ1n) is 11.1. The fourth-order valence-electron chi connectivity index (χ4n) is 3.80. The zero-order valence-electron chi connectivity index (χ0n) is 19.3. The van der Waals surface area contributed by atoms with Gasteiger partial charge in [0.2, 0.25) is 0 Å². The van der Waals surface area contributed by atoms with Crippen LogP contribution >= 0.6 is 34.5 Å². The number of ether oxygens (including phenoxy) is 2. The number of nitrogens with one attached hydrogen (secondary N) is 1. The molecule has 0 atom stereocenters. The molecule has 0 radical (unpaired) electrons. The lowest BCUT2D eigenvalue weighted by atomic mass is 10.2. The number of benzene rings is 2. The van der Waals surface area contributed by atoms with Crippen LogP contribution in [-0.2, 0) is 6.61 Å². The predicted molar refractivity (Wildman–Crippen MR) is 142 cm³/mol. The van der Waals surface area contributed by atoms with E-state index >= 15 is 0 Å². The monoisotopic (exact) mass is 530 g/mol. The van der Waals surface area contributed by atoms with E-state index in [-0.39, 0.29) is 0 Å². The van der Waals surface area contributed by atoms with Crippen LogP contribution in [0.4, 0.5) is 16.6 Å². The molecule has 2 aromatic carbocycles. The molecule has 11 heteroatoms. The predicted octanol–water partition coefficient (Wildman–Crippen LogP) is 5.48. The Kier molecular flexibility index (Phi) is 7.10. The lowest BCUT2D eigenvalue weighted by Crippen LogP contribution is -2.44. The van der Waals surface area contributed by atoms with E-state index in [2.05, 4.69) is 32.1 Å². The molecule has 2 aromatic heterocycles. The number of aromatic nitrogens is 3. The van der Waals surface area contributed by atoms with Crippen molar-refractivity contribution in [2.75, 3.05) is 50.6 Å². The number of piperazine rings is 1. The second-order valence-electron chi connectivity index (χ2n) is 8.20. The van der Waals surface area contributed by atoms with E-state index in [1.165, 1.54) is 6.33 Å². The highest BCUT2D eigenvalue weighted by molar-refractivity contribution is 7.13. The second kappa shape index (κ2) is 10.4. The molecule has 0 amide bonds. The molecule has 1 aliphatic rings. The van der Waals surface area contributed by atoms with E-state index in [4.69, 9.17) is 37.7 Å². The molecular weight excluding hydrogens is 507 g/mol. The van der Waals surface area contributed by atoms with Crippen LogP contribution in [0, 0.1) is 0 Å². The first-order valence-corrected chi connectivity index (χ1v) is 12.7. The highest BCUT2D eigenvalue weighted by atomic mass is 35.5. The van der Waals surface area contributed by atoms with Gasteiger partial charge in [0.15, 0.2) is 16.6 Å². The molecule has 0 bridgehead atoms. The van der Waals surface area contributed by atoms with Crippen molar-refractivity contribution in [1.29, 1.82) is 0 Å². The van der Waals surface area contributed by atoms with Crippen molar-refractivity contribution in [3.05, 3.63) is 57.8 Å². The molecule has 1 N–H and O–H groups in total. The number of thiazole rings is 1. The zero-order valence-corrected chi connectivity index (χ0v) is 21.6. The maximum atomic E-state index is 6.15. The van der Waals surface area contributed by atoms with Crippen LogP contribution in [0.25, 0.3) is 10.9 Å². The summed E-state index contributed by atoms with van der Waals surface area (Å²) in [7, 11) is 3.75. The Hall–Kier alpha value is -2.85. The van der Waals surface area contributed by atoms with Gasteiger partial charge in [-0.15, -0.1) is 11.3 Å². The minimum Gasteiger partial charge on any atom is -0.493 e. The van der Waals surface area contributed by atoms with Crippen LogP contribution in [0.3, 0.4) is 0 Å². The van der Waals surface area contributed by atoms with E-state index in [0.717, 1.165) is 53.6 Å². The van der Waals surface area contributed by atoms with Gasteiger partial charge in [-0.05, 0) is 31.3 Å². The fraction of sp³-hybridized carbons (Fsp3) is 0.292. The number of hydrogen-bond acceptors (Lipinski definition) is 9. The number of anilines is 3. The largest absolute Gasteiger partial charge is 0.493 e. The van der Waals surface area contributed by atoms with Crippen molar-refractivity contribution in [2.24, 2.45) is 0 Å². The first kappa shape index (κ1) is 23.9. The summed E-state index contributed by atoms with van der Waals surface area (Å²) >= 11 is 13.8. The lowest BCUT2D eigenvalue weighted by molar-refractivity contribution is 0.281. The van der Waals surface area contributed by atoms with Gasteiger partial charge in [-0.1, -0.05) is 23.2 Å². The minimum atomic E-state index is 0.339. The van der Waals surface area contributed by atoms with E-state index in [1.54, 1.807) is 30.6 Å². The number of halogens is 2. The van der Waals surface area contributed by atoms with Crippen LogP contribution in [0.1, 0.15) is 5.69 Å². The molecule has 0 unspecified atom stereocenters. The fourth-order valence-corrected chi connectivity index (χ4v) is 4.97. The zero-order chi connectivity index (χ0) is 24.4. The maximum Gasteiger partial charge on any atom is 0.185 e. The van der Waals surface area contributed by atoms with Gasteiger partial charge in [0.1, 0.15) is 18.8 Å². The molecule has 1 aliphatic heterocycles. The van der Waals surface area contributed by atoms with Gasteiger partial charge in [-0.25, -0.2) is 15.0 Å². The Morgan fingerprint density at radius 2 is 1.86 bits per heavy atom. The van der Waals surface area contributed by atoms with Gasteiger partial charge in [0.25, 0.3) is 0 Å². The van der Waals surface area contributed by atoms with Crippen molar-refractivity contribution in [3.8, 4) is 11.5 Å². The minimum absolute atomic E-state index is 0.339. The smallest absolute Gasteiger partial charge is 0.185 e. The quantitative estimate of drug-likeness (QED) is 0.336. The average molecular weight is 531 g/mol. The Bertz CT molecular complexity index is 1340. The number of likely N-dealkylation sites (N-methyl/N-ethyl adjacent to an activating group) is 1. The second-order valence-corrected chi connectivity index (χ2v) is 9.85. The number of hydrogen-bond donors (Lipinski definition) is 1. The first-order chi connectivity index (χ1) is 17.0. The summed E-state index contributed by atoms with van der Waals surface area (Å²) in [5, 5.41) is 8.09. The third-order valence-electron chi connectivity index (χ3n) is 5.79. The summed E-state index contributed by atoms with van der Waals surface area (Å²) in [5.41, 5.74) is 2.36. The van der Waals surface area contributed by atoms with Gasteiger partial charge in [-0.3, -0.25) is 0 Å². The molecule has 1 fully saturated rings. The molecular formula is C24H24Cl2N6O2S. The summed E-state index contributed by atoms with van der Waals surface area (Å²) in [5.74, 6) is 1.79. The Morgan fingerprint density at radius 1 is 1.03 bits per heavy atom. The normalized spacial score (nSPS) is 14.3. The standard InChI is InChI=1S/C24H24Cl2N6O2S/c1-31-5-7-32(8-6-31)24-30-16(13-35-24)12-34-22-11-20-17(10-21(22)33-2)23(28-14-27-20)29-15-3-4-18(25)19(26)9-15/h3-4,9-11,13-14H,5-8,12H2,1-2H3,(H,27,28,29). The molecule has 35 heavy (non-hydrogen) atoms. The van der Waals surface area contributed by atoms with Crippen LogP contribution in [0.5, 0.6) is 11.5 Å². The molecule has 0 spiro atoms. The average Bonchev–Trinajstić information content (AvgIpc) is 3.34. The van der Waals surface area contributed by atoms with Crippen molar-refractivity contribution >= 4 is 62.1 Å². The van der Waals surface area contributed by atoms with Crippen molar-refractivity contribution in [1.82, 2.24) is 19.9 Å². The van der Waals surface area contributed by atoms with E-state index in [0.29, 0.717) is 34.0 Å². The van der Waals surface area contributed by atoms with Crippen molar-refractivity contribution < 1.29 is 9.47 Å². The highest BCUT2D eigenvalue weighted by Gasteiger charge is 2.18. The number of rotatable bonds is 7. The SMILES string of the molecule is COc1cc2c(Nc3ccc(Cl)c(Cl)c3)ncnc2cc1OCc1csc(N2CCN(C)CC2)n1. The molecule has 8 nitrogen and oxygen atoms in total. The van der Waals surface area contributed by atoms with Crippen LogP contribution in [0.2, 0.25) is 10.0 Å². The lowest BCUT2D eigenvalue weighted by Gasteiger charge is -2.32.